The first-order valence-corrected chi connectivity index (χ1v) is 6.30. The predicted octanol–water partition coefficient (Wildman–Crippen LogP) is 0.456. The van der Waals surface area contributed by atoms with Gasteiger partial charge in [0.25, 0.3) is 0 Å². The van der Waals surface area contributed by atoms with Crippen molar-refractivity contribution in [2.45, 2.75) is 32.7 Å². The summed E-state index contributed by atoms with van der Waals surface area (Å²) in [4.78, 5) is 10.8. The third-order valence-corrected chi connectivity index (χ3v) is 4.25. The number of carbonyl (C=O) groups is 1. The molecule has 1 N–H and O–H groups in total. The van der Waals surface area contributed by atoms with Gasteiger partial charge in [0.05, 0.1) is 0 Å². The topological polar surface area (TPSA) is 60.9 Å². The number of rotatable bonds is 5. The molecular formula is C9H18N2O3S. The molecule has 88 valence electrons. The van der Waals surface area contributed by atoms with Crippen molar-refractivity contribution < 1.29 is 14.1 Å². The highest BCUT2D eigenvalue weighted by molar-refractivity contribution is 7.80. The SMILES string of the molecule is CCCCN1CCN(C(C)C(=O)O)S1=O. The molecule has 1 heterocycles. The van der Waals surface area contributed by atoms with Gasteiger partial charge in [-0.05, 0) is 13.3 Å². The van der Waals surface area contributed by atoms with Gasteiger partial charge in [-0.2, -0.15) is 4.31 Å². The molecule has 1 aliphatic rings. The van der Waals surface area contributed by atoms with Crippen molar-refractivity contribution in [3.8, 4) is 0 Å². The Morgan fingerprint density at radius 2 is 2.20 bits per heavy atom. The molecule has 2 atom stereocenters. The maximum absolute atomic E-state index is 11.9. The van der Waals surface area contributed by atoms with Crippen molar-refractivity contribution in [2.24, 2.45) is 0 Å². The van der Waals surface area contributed by atoms with Crippen molar-refractivity contribution >= 4 is 17.1 Å². The van der Waals surface area contributed by atoms with E-state index in [4.69, 9.17) is 5.11 Å². The molecule has 0 saturated carbocycles. The molecule has 1 rings (SSSR count). The molecule has 0 bridgehead atoms. The van der Waals surface area contributed by atoms with E-state index < -0.39 is 23.2 Å². The number of carboxylic acids is 1. The Bertz CT molecular complexity index is 260. The number of carboxylic acid groups (broad SMARTS) is 1. The van der Waals surface area contributed by atoms with Crippen LogP contribution in [-0.4, -0.2) is 49.6 Å². The molecule has 6 heteroatoms. The van der Waals surface area contributed by atoms with Crippen LogP contribution in [0.5, 0.6) is 0 Å². The molecule has 0 amide bonds. The molecule has 15 heavy (non-hydrogen) atoms. The molecule has 0 aromatic carbocycles. The first-order valence-electron chi connectivity index (χ1n) is 5.24. The summed E-state index contributed by atoms with van der Waals surface area (Å²) in [7, 11) is 0. The second-order valence-corrected chi connectivity index (χ2v) is 5.12. The second-order valence-electron chi connectivity index (χ2n) is 3.67. The Morgan fingerprint density at radius 1 is 1.53 bits per heavy atom. The van der Waals surface area contributed by atoms with Gasteiger partial charge in [-0.1, -0.05) is 13.3 Å². The van der Waals surface area contributed by atoms with Gasteiger partial charge in [0, 0.05) is 19.6 Å². The molecule has 0 aromatic heterocycles. The number of nitrogens with zero attached hydrogens (tertiary/aromatic N) is 2. The first-order chi connectivity index (χ1) is 7.07. The smallest absolute Gasteiger partial charge is 0.321 e. The van der Waals surface area contributed by atoms with E-state index in [1.165, 1.54) is 4.31 Å². The van der Waals surface area contributed by atoms with Crippen LogP contribution < -0.4 is 0 Å². The minimum absolute atomic E-state index is 0.573. The van der Waals surface area contributed by atoms with E-state index in [1.807, 2.05) is 4.31 Å². The van der Waals surface area contributed by atoms with Crippen LogP contribution in [-0.2, 0) is 16.0 Å². The van der Waals surface area contributed by atoms with Crippen LogP contribution in [0.2, 0.25) is 0 Å². The summed E-state index contributed by atoms with van der Waals surface area (Å²) in [5, 5.41) is 8.83. The van der Waals surface area contributed by atoms with E-state index in [9.17, 15) is 9.00 Å². The Labute approximate surface area is 92.8 Å². The van der Waals surface area contributed by atoms with Crippen LogP contribution in [0, 0.1) is 0 Å². The largest absolute Gasteiger partial charge is 0.480 e. The molecule has 1 aliphatic heterocycles. The summed E-state index contributed by atoms with van der Waals surface area (Å²) in [5.41, 5.74) is 0. The van der Waals surface area contributed by atoms with Crippen LogP contribution in [0.3, 0.4) is 0 Å². The zero-order chi connectivity index (χ0) is 11.4. The Balaban J connectivity index is 2.52. The van der Waals surface area contributed by atoms with Crippen LogP contribution in [0.25, 0.3) is 0 Å². The maximum Gasteiger partial charge on any atom is 0.321 e. The predicted molar refractivity (Wildman–Crippen MR) is 58.4 cm³/mol. The average molecular weight is 234 g/mol. The van der Waals surface area contributed by atoms with Crippen molar-refractivity contribution in [1.29, 1.82) is 0 Å². The average Bonchev–Trinajstić information content (AvgIpc) is 2.55. The molecule has 0 aliphatic carbocycles. The van der Waals surface area contributed by atoms with E-state index >= 15 is 0 Å². The minimum atomic E-state index is -1.26. The highest BCUT2D eigenvalue weighted by Crippen LogP contribution is 2.16. The fourth-order valence-electron chi connectivity index (χ4n) is 1.49. The van der Waals surface area contributed by atoms with Gasteiger partial charge in [-0.15, -0.1) is 0 Å². The third kappa shape index (κ3) is 2.99. The molecular weight excluding hydrogens is 216 g/mol. The lowest BCUT2D eigenvalue weighted by Crippen LogP contribution is -2.39. The van der Waals surface area contributed by atoms with Gasteiger partial charge in [0.2, 0.25) is 0 Å². The minimum Gasteiger partial charge on any atom is -0.480 e. The maximum atomic E-state index is 11.9. The Hall–Kier alpha value is -0.460. The zero-order valence-electron chi connectivity index (χ0n) is 9.18. The summed E-state index contributed by atoms with van der Waals surface area (Å²) in [5.74, 6) is -0.916. The summed E-state index contributed by atoms with van der Waals surface area (Å²) in [6.45, 7) is 5.71. The highest BCUT2D eigenvalue weighted by Gasteiger charge is 2.34. The van der Waals surface area contributed by atoms with Crippen molar-refractivity contribution in [3.05, 3.63) is 0 Å². The summed E-state index contributed by atoms with van der Waals surface area (Å²) < 4.78 is 15.2. The van der Waals surface area contributed by atoms with Crippen molar-refractivity contribution in [2.75, 3.05) is 19.6 Å². The molecule has 1 saturated heterocycles. The van der Waals surface area contributed by atoms with Crippen molar-refractivity contribution in [3.63, 3.8) is 0 Å². The number of aliphatic carboxylic acids is 1. The van der Waals surface area contributed by atoms with Gasteiger partial charge in [-0.25, -0.2) is 8.51 Å². The van der Waals surface area contributed by atoms with Crippen molar-refractivity contribution in [1.82, 2.24) is 8.61 Å². The fraction of sp³-hybridized carbons (Fsp3) is 0.889. The summed E-state index contributed by atoms with van der Waals surface area (Å²) in [6, 6.07) is -0.669. The van der Waals surface area contributed by atoms with Gasteiger partial charge < -0.3 is 5.11 Å². The van der Waals surface area contributed by atoms with E-state index in [1.54, 1.807) is 6.92 Å². The summed E-state index contributed by atoms with van der Waals surface area (Å²) in [6.07, 6.45) is 2.06. The molecule has 2 unspecified atom stereocenters. The summed E-state index contributed by atoms with van der Waals surface area (Å²) >= 11 is -1.26. The highest BCUT2D eigenvalue weighted by atomic mass is 32.2. The van der Waals surface area contributed by atoms with E-state index in [-0.39, 0.29) is 0 Å². The third-order valence-electron chi connectivity index (χ3n) is 2.54. The van der Waals surface area contributed by atoms with Crippen LogP contribution in [0.4, 0.5) is 0 Å². The molecule has 0 spiro atoms. The number of hydrogen-bond acceptors (Lipinski definition) is 2. The quantitative estimate of drug-likeness (QED) is 0.751. The van der Waals surface area contributed by atoms with Gasteiger partial charge in [0.1, 0.15) is 6.04 Å². The van der Waals surface area contributed by atoms with Crippen LogP contribution in [0.15, 0.2) is 0 Å². The lowest BCUT2D eigenvalue weighted by Gasteiger charge is -2.19. The van der Waals surface area contributed by atoms with Gasteiger partial charge in [-0.3, -0.25) is 4.79 Å². The molecule has 1 fully saturated rings. The standard InChI is InChI=1S/C9H18N2O3S/c1-3-4-5-10-6-7-11(15(10)14)8(2)9(12)13/h8H,3-7H2,1-2H3,(H,12,13). The lowest BCUT2D eigenvalue weighted by molar-refractivity contribution is -0.140. The first kappa shape index (κ1) is 12.6. The molecule has 0 aromatic rings. The van der Waals surface area contributed by atoms with E-state index in [0.717, 1.165) is 19.4 Å². The van der Waals surface area contributed by atoms with Crippen LogP contribution in [0.1, 0.15) is 26.7 Å². The van der Waals surface area contributed by atoms with Gasteiger partial charge >= 0.3 is 5.97 Å². The lowest BCUT2D eigenvalue weighted by atomic mass is 10.3. The number of unbranched alkanes of at least 4 members (excludes halogenated alkanes) is 1. The normalized spacial score (nSPS) is 25.6. The Morgan fingerprint density at radius 3 is 2.73 bits per heavy atom. The van der Waals surface area contributed by atoms with E-state index in [0.29, 0.717) is 13.1 Å². The fourth-order valence-corrected chi connectivity index (χ4v) is 2.91. The van der Waals surface area contributed by atoms with E-state index in [2.05, 4.69) is 6.92 Å². The second kappa shape index (κ2) is 5.58. The molecule has 5 nitrogen and oxygen atoms in total. The Kier molecular flexibility index (Phi) is 4.69. The zero-order valence-corrected chi connectivity index (χ0v) is 10.00. The van der Waals surface area contributed by atoms with Gasteiger partial charge in [0.15, 0.2) is 11.2 Å². The van der Waals surface area contributed by atoms with Crippen LogP contribution >= 0.6 is 0 Å². The monoisotopic (exact) mass is 234 g/mol. The molecule has 0 radical (unpaired) electrons. The number of hydrogen-bond donors (Lipinski definition) is 1.